The van der Waals surface area contributed by atoms with E-state index in [2.05, 4.69) is 36.6 Å². The first kappa shape index (κ1) is 16.1. The molecule has 0 saturated carbocycles. The standard InChI is InChI=1S/C19H24N2O/c1-13-8-9-17(12-15(13)3)20-11-10-19(22)21-18-7-5-6-14(2)16(18)4/h5-9,12,20H,10-11H2,1-4H3,(H,21,22). The predicted molar refractivity (Wildman–Crippen MR) is 93.6 cm³/mol. The third kappa shape index (κ3) is 4.10. The average Bonchev–Trinajstić information content (AvgIpc) is 2.48. The fourth-order valence-corrected chi connectivity index (χ4v) is 2.27. The van der Waals surface area contributed by atoms with E-state index in [4.69, 9.17) is 0 Å². The lowest BCUT2D eigenvalue weighted by Gasteiger charge is -2.11. The van der Waals surface area contributed by atoms with Crippen LogP contribution in [0.1, 0.15) is 28.7 Å². The van der Waals surface area contributed by atoms with Crippen LogP contribution in [0.15, 0.2) is 36.4 Å². The number of hydrogen-bond acceptors (Lipinski definition) is 2. The van der Waals surface area contributed by atoms with Crippen LogP contribution >= 0.6 is 0 Å². The molecule has 2 N–H and O–H groups in total. The molecule has 22 heavy (non-hydrogen) atoms. The second-order valence-electron chi connectivity index (χ2n) is 5.77. The molecule has 0 fully saturated rings. The van der Waals surface area contributed by atoms with Gasteiger partial charge in [0.1, 0.15) is 0 Å². The molecule has 1 amide bonds. The molecule has 0 aromatic heterocycles. The molecule has 3 nitrogen and oxygen atoms in total. The molecule has 0 spiro atoms. The van der Waals surface area contributed by atoms with Crippen LogP contribution in [0, 0.1) is 27.7 Å². The van der Waals surface area contributed by atoms with Gasteiger partial charge in [0.05, 0.1) is 0 Å². The van der Waals surface area contributed by atoms with Crippen molar-refractivity contribution in [2.45, 2.75) is 34.1 Å². The highest BCUT2D eigenvalue weighted by molar-refractivity contribution is 5.91. The first-order valence-electron chi connectivity index (χ1n) is 7.64. The maximum Gasteiger partial charge on any atom is 0.226 e. The number of benzene rings is 2. The molecule has 0 bridgehead atoms. The Kier molecular flexibility index (Phi) is 5.21. The Bertz CT molecular complexity index is 677. The van der Waals surface area contributed by atoms with E-state index in [0.29, 0.717) is 13.0 Å². The van der Waals surface area contributed by atoms with Gasteiger partial charge >= 0.3 is 0 Å². The van der Waals surface area contributed by atoms with E-state index in [1.165, 1.54) is 16.7 Å². The van der Waals surface area contributed by atoms with E-state index >= 15 is 0 Å². The minimum absolute atomic E-state index is 0.0324. The Balaban J connectivity index is 1.85. The van der Waals surface area contributed by atoms with Gasteiger partial charge in [0.25, 0.3) is 0 Å². The van der Waals surface area contributed by atoms with Gasteiger partial charge in [0.15, 0.2) is 0 Å². The molecule has 3 heteroatoms. The fraction of sp³-hybridized carbons (Fsp3) is 0.316. The van der Waals surface area contributed by atoms with E-state index in [9.17, 15) is 4.79 Å². The highest BCUT2D eigenvalue weighted by Crippen LogP contribution is 2.18. The number of anilines is 2. The Labute approximate surface area is 132 Å². The van der Waals surface area contributed by atoms with Crippen LogP contribution in [-0.2, 0) is 4.79 Å². The van der Waals surface area contributed by atoms with Gasteiger partial charge in [-0.3, -0.25) is 4.79 Å². The molecule has 0 aliphatic heterocycles. The normalized spacial score (nSPS) is 10.4. The van der Waals surface area contributed by atoms with Gasteiger partial charge in [0, 0.05) is 24.3 Å². The predicted octanol–water partition coefficient (Wildman–Crippen LogP) is 4.36. The van der Waals surface area contributed by atoms with E-state index in [1.807, 2.05) is 38.1 Å². The number of amides is 1. The third-order valence-corrected chi connectivity index (χ3v) is 4.07. The summed E-state index contributed by atoms with van der Waals surface area (Å²) in [6, 6.07) is 12.2. The van der Waals surface area contributed by atoms with Gasteiger partial charge in [-0.1, -0.05) is 18.2 Å². The molecular weight excluding hydrogens is 272 g/mol. The average molecular weight is 296 g/mol. The molecule has 0 atom stereocenters. The fourth-order valence-electron chi connectivity index (χ4n) is 2.27. The highest BCUT2D eigenvalue weighted by Gasteiger charge is 2.06. The zero-order chi connectivity index (χ0) is 16.1. The lowest BCUT2D eigenvalue weighted by molar-refractivity contribution is -0.115. The Morgan fingerprint density at radius 2 is 1.73 bits per heavy atom. The van der Waals surface area contributed by atoms with Crippen LogP contribution in [0.2, 0.25) is 0 Å². The topological polar surface area (TPSA) is 41.1 Å². The summed E-state index contributed by atoms with van der Waals surface area (Å²) in [5.41, 5.74) is 6.80. The molecule has 2 rings (SSSR count). The van der Waals surface area contributed by atoms with Crippen molar-refractivity contribution in [3.63, 3.8) is 0 Å². The van der Waals surface area contributed by atoms with Crippen molar-refractivity contribution in [1.82, 2.24) is 0 Å². The van der Waals surface area contributed by atoms with Gasteiger partial charge in [-0.25, -0.2) is 0 Å². The van der Waals surface area contributed by atoms with Gasteiger partial charge < -0.3 is 10.6 Å². The van der Waals surface area contributed by atoms with Crippen LogP contribution in [0.4, 0.5) is 11.4 Å². The molecule has 0 aliphatic rings. The minimum atomic E-state index is 0.0324. The number of carbonyl (C=O) groups excluding carboxylic acids is 1. The van der Waals surface area contributed by atoms with Crippen LogP contribution in [-0.4, -0.2) is 12.5 Å². The third-order valence-electron chi connectivity index (χ3n) is 4.07. The van der Waals surface area contributed by atoms with Gasteiger partial charge in [0.2, 0.25) is 5.91 Å². The number of rotatable bonds is 5. The Hall–Kier alpha value is -2.29. The lowest BCUT2D eigenvalue weighted by atomic mass is 10.1. The Morgan fingerprint density at radius 3 is 2.45 bits per heavy atom. The largest absolute Gasteiger partial charge is 0.385 e. The second kappa shape index (κ2) is 7.12. The second-order valence-corrected chi connectivity index (χ2v) is 5.77. The SMILES string of the molecule is Cc1ccc(NCCC(=O)Nc2cccc(C)c2C)cc1C. The number of hydrogen-bond donors (Lipinski definition) is 2. The first-order chi connectivity index (χ1) is 10.5. The zero-order valence-corrected chi connectivity index (χ0v) is 13.8. The Morgan fingerprint density at radius 1 is 0.955 bits per heavy atom. The van der Waals surface area contributed by atoms with Crippen molar-refractivity contribution in [1.29, 1.82) is 0 Å². The van der Waals surface area contributed by atoms with E-state index in [-0.39, 0.29) is 5.91 Å². The van der Waals surface area contributed by atoms with Crippen molar-refractivity contribution in [3.8, 4) is 0 Å². The zero-order valence-electron chi connectivity index (χ0n) is 13.8. The van der Waals surface area contributed by atoms with E-state index in [0.717, 1.165) is 16.9 Å². The van der Waals surface area contributed by atoms with E-state index < -0.39 is 0 Å². The van der Waals surface area contributed by atoms with Gasteiger partial charge in [-0.2, -0.15) is 0 Å². The molecule has 2 aromatic rings. The summed E-state index contributed by atoms with van der Waals surface area (Å²) in [4.78, 5) is 12.0. The van der Waals surface area contributed by atoms with Crippen LogP contribution < -0.4 is 10.6 Å². The molecule has 2 aromatic carbocycles. The minimum Gasteiger partial charge on any atom is -0.385 e. The maximum absolute atomic E-state index is 12.0. The van der Waals surface area contributed by atoms with Crippen molar-refractivity contribution < 1.29 is 4.79 Å². The summed E-state index contributed by atoms with van der Waals surface area (Å²) in [7, 11) is 0. The quantitative estimate of drug-likeness (QED) is 0.860. The van der Waals surface area contributed by atoms with Crippen LogP contribution in [0.5, 0.6) is 0 Å². The van der Waals surface area contributed by atoms with Crippen molar-refractivity contribution in [3.05, 3.63) is 58.7 Å². The van der Waals surface area contributed by atoms with Gasteiger partial charge in [-0.15, -0.1) is 0 Å². The lowest BCUT2D eigenvalue weighted by Crippen LogP contribution is -2.17. The summed E-state index contributed by atoms with van der Waals surface area (Å²) in [6.45, 7) is 8.88. The highest BCUT2D eigenvalue weighted by atomic mass is 16.1. The maximum atomic E-state index is 12.0. The molecule has 116 valence electrons. The number of nitrogens with one attached hydrogen (secondary N) is 2. The first-order valence-corrected chi connectivity index (χ1v) is 7.64. The molecular formula is C19H24N2O. The molecule has 0 radical (unpaired) electrons. The number of aryl methyl sites for hydroxylation is 3. The number of carbonyl (C=O) groups is 1. The monoisotopic (exact) mass is 296 g/mol. The summed E-state index contributed by atoms with van der Waals surface area (Å²) in [5, 5.41) is 6.27. The summed E-state index contributed by atoms with van der Waals surface area (Å²) in [6.07, 6.45) is 0.445. The van der Waals surface area contributed by atoms with Crippen LogP contribution in [0.3, 0.4) is 0 Å². The van der Waals surface area contributed by atoms with Gasteiger partial charge in [-0.05, 0) is 68.1 Å². The molecule has 0 unspecified atom stereocenters. The summed E-state index contributed by atoms with van der Waals surface area (Å²) < 4.78 is 0. The smallest absolute Gasteiger partial charge is 0.226 e. The van der Waals surface area contributed by atoms with Crippen molar-refractivity contribution >= 4 is 17.3 Å². The van der Waals surface area contributed by atoms with Crippen molar-refractivity contribution in [2.75, 3.05) is 17.2 Å². The van der Waals surface area contributed by atoms with Crippen LogP contribution in [0.25, 0.3) is 0 Å². The summed E-state index contributed by atoms with van der Waals surface area (Å²) in [5.74, 6) is 0.0324. The molecule has 0 aliphatic carbocycles. The van der Waals surface area contributed by atoms with Crippen molar-refractivity contribution in [2.24, 2.45) is 0 Å². The molecule has 0 saturated heterocycles. The summed E-state index contributed by atoms with van der Waals surface area (Å²) >= 11 is 0. The van der Waals surface area contributed by atoms with E-state index in [1.54, 1.807) is 0 Å². The molecule has 0 heterocycles.